The molecular weight excluding hydrogens is 417 g/mol. The topological polar surface area (TPSA) is 84.5 Å². The smallest absolute Gasteiger partial charge is 0.416 e. The third-order valence-corrected chi connectivity index (χ3v) is 5.93. The molecule has 0 saturated heterocycles. The molecule has 0 saturated carbocycles. The van der Waals surface area contributed by atoms with Gasteiger partial charge in [-0.3, -0.25) is 9.59 Å². The first-order valence-electron chi connectivity index (χ1n) is 7.83. The zero-order valence-corrected chi connectivity index (χ0v) is 15.9. The second kappa shape index (κ2) is 7.84. The van der Waals surface area contributed by atoms with Gasteiger partial charge in [0.1, 0.15) is 5.00 Å². The fraction of sp³-hybridized carbons (Fsp3) is 0.235. The van der Waals surface area contributed by atoms with Crippen molar-refractivity contribution in [2.45, 2.75) is 22.7 Å². The van der Waals surface area contributed by atoms with E-state index in [0.29, 0.717) is 9.90 Å². The minimum absolute atomic E-state index is 0.0627. The summed E-state index contributed by atoms with van der Waals surface area (Å²) in [6, 6.07) is 4.56. The van der Waals surface area contributed by atoms with Crippen LogP contribution in [0.25, 0.3) is 0 Å². The number of benzene rings is 1. The number of carbonyl (C=O) groups is 3. The van der Waals surface area contributed by atoms with Gasteiger partial charge in [-0.1, -0.05) is 0 Å². The highest BCUT2D eigenvalue weighted by Gasteiger charge is 2.34. The maximum absolute atomic E-state index is 12.8. The average molecular weight is 430 g/mol. The maximum Gasteiger partial charge on any atom is 0.416 e. The van der Waals surface area contributed by atoms with Crippen molar-refractivity contribution in [2.75, 3.05) is 17.7 Å². The first kappa shape index (κ1) is 20.2. The Bertz CT molecular complexity index is 943. The number of alkyl halides is 3. The van der Waals surface area contributed by atoms with E-state index in [2.05, 4.69) is 15.4 Å². The van der Waals surface area contributed by atoms with Gasteiger partial charge in [-0.15, -0.1) is 23.1 Å². The number of ether oxygens (including phenoxy) is 1. The van der Waals surface area contributed by atoms with E-state index in [1.807, 2.05) is 0 Å². The Kier molecular flexibility index (Phi) is 5.66. The van der Waals surface area contributed by atoms with E-state index >= 15 is 0 Å². The first-order valence-corrected chi connectivity index (χ1v) is 9.59. The van der Waals surface area contributed by atoms with E-state index in [9.17, 15) is 27.6 Å². The molecule has 3 rings (SSSR count). The molecule has 11 heteroatoms. The van der Waals surface area contributed by atoms with Crippen LogP contribution in [0.1, 0.15) is 22.3 Å². The molecule has 28 heavy (non-hydrogen) atoms. The Balaban J connectivity index is 1.69. The van der Waals surface area contributed by atoms with Gasteiger partial charge in [-0.2, -0.15) is 13.2 Å². The lowest BCUT2D eigenvalue weighted by molar-refractivity contribution is -0.137. The highest BCUT2D eigenvalue weighted by molar-refractivity contribution is 8.01. The number of hydrogen-bond acceptors (Lipinski definition) is 6. The summed E-state index contributed by atoms with van der Waals surface area (Å²) in [7, 11) is 1.22. The van der Waals surface area contributed by atoms with Crippen molar-refractivity contribution in [2.24, 2.45) is 0 Å². The Morgan fingerprint density at radius 3 is 2.71 bits per heavy atom. The fourth-order valence-corrected chi connectivity index (χ4v) is 4.37. The third kappa shape index (κ3) is 4.30. The lowest BCUT2D eigenvalue weighted by Crippen LogP contribution is -2.32. The molecule has 2 amide bonds. The van der Waals surface area contributed by atoms with Crippen LogP contribution < -0.4 is 10.6 Å². The number of fused-ring (bicyclic) bond motifs is 1. The van der Waals surface area contributed by atoms with Crippen LogP contribution in [-0.2, 0) is 20.5 Å². The van der Waals surface area contributed by atoms with Crippen LogP contribution in [0, 0.1) is 0 Å². The largest absolute Gasteiger partial charge is 0.465 e. The molecule has 0 aliphatic carbocycles. The number of nitrogens with one attached hydrogen (secondary N) is 2. The highest BCUT2D eigenvalue weighted by Crippen LogP contribution is 2.40. The number of thiophene rings is 1. The van der Waals surface area contributed by atoms with E-state index < -0.39 is 34.8 Å². The van der Waals surface area contributed by atoms with Crippen LogP contribution >= 0.6 is 23.1 Å². The Labute approximate surface area is 165 Å². The molecule has 1 aliphatic heterocycles. The third-order valence-electron chi connectivity index (χ3n) is 3.82. The Morgan fingerprint density at radius 1 is 1.29 bits per heavy atom. The monoisotopic (exact) mass is 430 g/mol. The second-order valence-electron chi connectivity index (χ2n) is 5.71. The molecule has 1 atom stereocenters. The van der Waals surface area contributed by atoms with Gasteiger partial charge in [0.05, 0.1) is 29.2 Å². The van der Waals surface area contributed by atoms with E-state index in [1.165, 1.54) is 19.2 Å². The normalized spacial score (nSPS) is 16.1. The molecule has 0 radical (unpaired) electrons. The molecule has 148 valence electrons. The lowest BCUT2D eigenvalue weighted by atomic mass is 10.1. The van der Waals surface area contributed by atoms with Crippen LogP contribution in [-0.4, -0.2) is 30.1 Å². The summed E-state index contributed by atoms with van der Waals surface area (Å²) in [5.41, 5.74) is -0.601. The molecule has 0 spiro atoms. The lowest BCUT2D eigenvalue weighted by Gasteiger charge is -2.24. The van der Waals surface area contributed by atoms with Gasteiger partial charge in [-0.25, -0.2) is 4.79 Å². The Morgan fingerprint density at radius 2 is 2.04 bits per heavy atom. The van der Waals surface area contributed by atoms with Gasteiger partial charge in [0, 0.05) is 11.3 Å². The second-order valence-corrected chi connectivity index (χ2v) is 7.87. The number of esters is 1. The standard InChI is InChI=1S/C17H13F3N2O4S2/c1-26-16(25)9-4-5-27-15(9)22-13(23)7-12-14(24)21-10-6-8(17(18,19)20)2-3-11(10)28-12/h2-6,12H,7H2,1H3,(H,21,24)(H,22,23)/t12-/m0/s1. The zero-order valence-electron chi connectivity index (χ0n) is 14.3. The molecular formula is C17H13F3N2O4S2. The molecule has 1 aromatic carbocycles. The highest BCUT2D eigenvalue weighted by atomic mass is 32.2. The molecule has 2 heterocycles. The van der Waals surface area contributed by atoms with Gasteiger partial charge < -0.3 is 15.4 Å². The van der Waals surface area contributed by atoms with E-state index in [1.54, 1.807) is 5.38 Å². The number of rotatable bonds is 4. The zero-order chi connectivity index (χ0) is 20.5. The van der Waals surface area contributed by atoms with Crippen molar-refractivity contribution in [3.63, 3.8) is 0 Å². The van der Waals surface area contributed by atoms with E-state index in [-0.39, 0.29) is 17.7 Å². The summed E-state index contributed by atoms with van der Waals surface area (Å²) in [5, 5.41) is 6.07. The summed E-state index contributed by atoms with van der Waals surface area (Å²) in [6.07, 6.45) is -4.73. The SMILES string of the molecule is COC(=O)c1ccsc1NC(=O)C[C@@H]1Sc2ccc(C(F)(F)F)cc2NC1=O. The van der Waals surface area contributed by atoms with E-state index in [0.717, 1.165) is 35.2 Å². The number of halogens is 3. The van der Waals surface area contributed by atoms with Crippen molar-refractivity contribution in [1.29, 1.82) is 0 Å². The van der Waals surface area contributed by atoms with Crippen molar-refractivity contribution in [3.8, 4) is 0 Å². The quantitative estimate of drug-likeness (QED) is 0.717. The number of methoxy groups -OCH3 is 1. The van der Waals surface area contributed by atoms with Gasteiger partial charge >= 0.3 is 12.1 Å². The molecule has 2 aromatic rings. The minimum atomic E-state index is -4.51. The van der Waals surface area contributed by atoms with Crippen LogP contribution in [0.2, 0.25) is 0 Å². The van der Waals surface area contributed by atoms with Crippen LogP contribution in [0.15, 0.2) is 34.5 Å². The van der Waals surface area contributed by atoms with Gasteiger partial charge in [0.2, 0.25) is 11.8 Å². The number of thioether (sulfide) groups is 1. The predicted octanol–water partition coefficient (Wildman–Crippen LogP) is 4.00. The number of hydrogen-bond donors (Lipinski definition) is 2. The maximum atomic E-state index is 12.8. The molecule has 2 N–H and O–H groups in total. The number of carbonyl (C=O) groups excluding carboxylic acids is 3. The summed E-state index contributed by atoms with van der Waals surface area (Å²) in [6.45, 7) is 0. The van der Waals surface area contributed by atoms with Crippen LogP contribution in [0.3, 0.4) is 0 Å². The molecule has 1 aromatic heterocycles. The molecule has 0 bridgehead atoms. The number of anilines is 2. The fourth-order valence-electron chi connectivity index (χ4n) is 2.48. The average Bonchev–Trinajstić information content (AvgIpc) is 3.08. The summed E-state index contributed by atoms with van der Waals surface area (Å²) < 4.78 is 43.0. The van der Waals surface area contributed by atoms with Gasteiger partial charge in [-0.05, 0) is 29.6 Å². The molecule has 0 unspecified atom stereocenters. The molecule has 0 fully saturated rings. The summed E-state index contributed by atoms with van der Waals surface area (Å²) in [5.74, 6) is -1.67. The minimum Gasteiger partial charge on any atom is -0.465 e. The number of amides is 2. The first-order chi connectivity index (χ1) is 13.2. The van der Waals surface area contributed by atoms with Gasteiger partial charge in [0.15, 0.2) is 0 Å². The van der Waals surface area contributed by atoms with Gasteiger partial charge in [0.25, 0.3) is 0 Å². The predicted molar refractivity (Wildman–Crippen MR) is 98.6 cm³/mol. The van der Waals surface area contributed by atoms with Crippen molar-refractivity contribution in [3.05, 3.63) is 40.8 Å². The summed E-state index contributed by atoms with van der Waals surface area (Å²) >= 11 is 2.14. The summed E-state index contributed by atoms with van der Waals surface area (Å²) in [4.78, 5) is 36.6. The molecule has 1 aliphatic rings. The van der Waals surface area contributed by atoms with Crippen molar-refractivity contribution >= 4 is 51.6 Å². The van der Waals surface area contributed by atoms with E-state index in [4.69, 9.17) is 0 Å². The van der Waals surface area contributed by atoms with Crippen molar-refractivity contribution in [1.82, 2.24) is 0 Å². The van der Waals surface area contributed by atoms with Crippen molar-refractivity contribution < 1.29 is 32.3 Å². The Hall–Kier alpha value is -2.53. The van der Waals surface area contributed by atoms with Crippen LogP contribution in [0.4, 0.5) is 23.9 Å². The molecule has 6 nitrogen and oxygen atoms in total. The van der Waals surface area contributed by atoms with Crippen LogP contribution in [0.5, 0.6) is 0 Å².